The molecule has 0 aromatic rings. The van der Waals surface area contributed by atoms with Gasteiger partial charge >= 0.3 is 29.6 Å². The van der Waals surface area contributed by atoms with Crippen LogP contribution in [0.2, 0.25) is 0 Å². The molecule has 4 nitrogen and oxygen atoms in total. The maximum Gasteiger partial charge on any atom is 1.00 e. The van der Waals surface area contributed by atoms with Crippen LogP contribution in [0.15, 0.2) is 0 Å². The number of hydrogen-bond donors (Lipinski definition) is 1. The van der Waals surface area contributed by atoms with Crippen molar-refractivity contribution in [3.63, 3.8) is 0 Å². The van der Waals surface area contributed by atoms with E-state index in [0.29, 0.717) is 12.8 Å². The van der Waals surface area contributed by atoms with Crippen LogP contribution in [0, 0.1) is 0 Å². The van der Waals surface area contributed by atoms with Crippen molar-refractivity contribution in [3.05, 3.63) is 0 Å². The molecule has 0 spiro atoms. The fourth-order valence-electron chi connectivity index (χ4n) is 3.14. The molecule has 0 saturated heterocycles. The van der Waals surface area contributed by atoms with Gasteiger partial charge in [-0.2, -0.15) is 0 Å². The summed E-state index contributed by atoms with van der Waals surface area (Å²) >= 11 is 0. The van der Waals surface area contributed by atoms with E-state index in [1.807, 2.05) is 0 Å². The van der Waals surface area contributed by atoms with Crippen LogP contribution < -0.4 is 29.6 Å². The van der Waals surface area contributed by atoms with Crippen molar-refractivity contribution in [2.24, 2.45) is 0 Å². The smallest absolute Gasteiger partial charge is 0.748 e. The van der Waals surface area contributed by atoms with Gasteiger partial charge in [-0.15, -0.1) is 0 Å². The summed E-state index contributed by atoms with van der Waals surface area (Å²) in [4.78, 5) is 0. The average Bonchev–Trinajstić information content (AvgIpc) is 2.52. The Morgan fingerprint density at radius 3 is 1.56 bits per heavy atom. The molecule has 0 radical (unpaired) electrons. The Morgan fingerprint density at radius 2 is 1.16 bits per heavy atom. The first kappa shape index (κ1) is 28.1. The molecule has 25 heavy (non-hydrogen) atoms. The molecule has 0 heterocycles. The second kappa shape index (κ2) is 18.2. The molecule has 0 aromatic carbocycles. The SMILES string of the molecule is CCCCCCCCCC(O)CCCCCCC(CC)S(=O)(=O)[O-].[Na+]. The van der Waals surface area contributed by atoms with Gasteiger partial charge in [0.05, 0.1) is 16.2 Å². The summed E-state index contributed by atoms with van der Waals surface area (Å²) in [6.45, 7) is 3.98. The van der Waals surface area contributed by atoms with Crippen LogP contribution in [0.4, 0.5) is 0 Å². The summed E-state index contributed by atoms with van der Waals surface area (Å²) in [6.07, 6.45) is 15.1. The first-order valence-corrected chi connectivity index (χ1v) is 11.5. The zero-order chi connectivity index (χ0) is 18.3. The van der Waals surface area contributed by atoms with Gasteiger partial charge < -0.3 is 9.66 Å². The Labute approximate surface area is 178 Å². The summed E-state index contributed by atoms with van der Waals surface area (Å²) in [5.41, 5.74) is 0. The Hall–Kier alpha value is 0.870. The number of hydrogen-bond acceptors (Lipinski definition) is 4. The molecule has 0 rings (SSSR count). The van der Waals surface area contributed by atoms with Gasteiger partial charge in [-0.3, -0.25) is 0 Å². The normalized spacial score (nSPS) is 14.1. The van der Waals surface area contributed by atoms with Gasteiger partial charge in [0, 0.05) is 5.25 Å². The minimum atomic E-state index is -4.13. The van der Waals surface area contributed by atoms with Crippen molar-refractivity contribution in [1.82, 2.24) is 0 Å². The van der Waals surface area contributed by atoms with Crippen molar-refractivity contribution in [1.29, 1.82) is 0 Å². The van der Waals surface area contributed by atoms with Crippen molar-refractivity contribution < 1.29 is 47.6 Å². The fourth-order valence-corrected chi connectivity index (χ4v) is 4.00. The van der Waals surface area contributed by atoms with Gasteiger partial charge in [0.2, 0.25) is 0 Å². The largest absolute Gasteiger partial charge is 1.00 e. The van der Waals surface area contributed by atoms with Crippen molar-refractivity contribution in [2.45, 2.75) is 122 Å². The molecule has 146 valence electrons. The standard InChI is InChI=1S/C19H40O4S.Na/c1-3-5-6-7-8-9-12-15-18(20)16-13-10-11-14-17-19(4-2)24(21,22)23;/h18-20H,3-17H2,1-2H3,(H,21,22,23);/q;+1/p-1. The van der Waals surface area contributed by atoms with Crippen LogP contribution in [0.25, 0.3) is 0 Å². The van der Waals surface area contributed by atoms with Crippen LogP contribution in [0.3, 0.4) is 0 Å². The van der Waals surface area contributed by atoms with E-state index in [1.165, 1.54) is 38.5 Å². The van der Waals surface area contributed by atoms with Crippen molar-refractivity contribution >= 4 is 10.1 Å². The topological polar surface area (TPSA) is 77.4 Å². The quantitative estimate of drug-likeness (QED) is 0.236. The molecule has 6 heteroatoms. The van der Waals surface area contributed by atoms with E-state index >= 15 is 0 Å². The second-order valence-corrected chi connectivity index (χ2v) is 8.73. The molecule has 0 fully saturated rings. The maximum absolute atomic E-state index is 11.0. The van der Waals surface area contributed by atoms with Crippen LogP contribution in [0.5, 0.6) is 0 Å². The molecule has 0 amide bonds. The number of aliphatic hydroxyl groups excluding tert-OH is 1. The third kappa shape index (κ3) is 18.0. The van der Waals surface area contributed by atoms with Gasteiger partial charge in [-0.05, 0) is 25.7 Å². The first-order valence-electron chi connectivity index (χ1n) is 10.0. The summed E-state index contributed by atoms with van der Waals surface area (Å²) in [5.74, 6) is 0. The summed E-state index contributed by atoms with van der Waals surface area (Å²) in [6, 6.07) is 0. The zero-order valence-corrected chi connectivity index (χ0v) is 19.7. The molecule has 2 atom stereocenters. The molecule has 0 aliphatic carbocycles. The van der Waals surface area contributed by atoms with Crippen LogP contribution in [-0.2, 0) is 10.1 Å². The van der Waals surface area contributed by atoms with E-state index in [2.05, 4.69) is 6.92 Å². The number of unbranched alkanes of at least 4 members (excludes halogenated alkanes) is 9. The molecule has 1 N–H and O–H groups in total. The van der Waals surface area contributed by atoms with E-state index < -0.39 is 15.4 Å². The molecule has 0 aromatic heterocycles. The molecule has 2 unspecified atom stereocenters. The second-order valence-electron chi connectivity index (χ2n) is 7.08. The Balaban J connectivity index is 0. The Morgan fingerprint density at radius 1 is 0.760 bits per heavy atom. The summed E-state index contributed by atoms with van der Waals surface area (Å²) in [5, 5.41) is 9.24. The fraction of sp³-hybridized carbons (Fsp3) is 1.00. The van der Waals surface area contributed by atoms with Gasteiger partial charge in [-0.1, -0.05) is 84.5 Å². The Bertz CT molecular complexity index is 374. The third-order valence-corrected chi connectivity index (χ3v) is 6.20. The first-order chi connectivity index (χ1) is 11.4. The molecule has 0 aliphatic rings. The minimum Gasteiger partial charge on any atom is -0.748 e. The predicted octanol–water partition coefficient (Wildman–Crippen LogP) is 2.16. The average molecular weight is 387 g/mol. The molecule has 0 saturated carbocycles. The molecular formula is C19H39NaO4S. The third-order valence-electron chi connectivity index (χ3n) is 4.82. The summed E-state index contributed by atoms with van der Waals surface area (Å²) in [7, 11) is -4.13. The van der Waals surface area contributed by atoms with Crippen molar-refractivity contribution in [3.8, 4) is 0 Å². The van der Waals surface area contributed by atoms with Gasteiger partial charge in [0.15, 0.2) is 0 Å². The number of aliphatic hydroxyl groups is 1. The van der Waals surface area contributed by atoms with E-state index in [4.69, 9.17) is 0 Å². The minimum absolute atomic E-state index is 0. The Kier molecular flexibility index (Phi) is 20.5. The van der Waals surface area contributed by atoms with Gasteiger partial charge in [0.1, 0.15) is 0 Å². The predicted molar refractivity (Wildman–Crippen MR) is 100 cm³/mol. The van der Waals surface area contributed by atoms with Gasteiger partial charge in [-0.25, -0.2) is 8.42 Å². The number of rotatable bonds is 17. The van der Waals surface area contributed by atoms with Crippen molar-refractivity contribution in [2.75, 3.05) is 0 Å². The van der Waals surface area contributed by atoms with E-state index in [-0.39, 0.29) is 35.7 Å². The maximum atomic E-state index is 11.0. The van der Waals surface area contributed by atoms with E-state index in [9.17, 15) is 18.1 Å². The summed E-state index contributed by atoms with van der Waals surface area (Å²) < 4.78 is 32.9. The molecular weight excluding hydrogens is 347 g/mol. The zero-order valence-electron chi connectivity index (χ0n) is 16.8. The van der Waals surface area contributed by atoms with E-state index in [0.717, 1.165) is 44.9 Å². The molecule has 0 aliphatic heterocycles. The van der Waals surface area contributed by atoms with Crippen LogP contribution >= 0.6 is 0 Å². The van der Waals surface area contributed by atoms with Crippen LogP contribution in [0.1, 0.15) is 110 Å². The molecule has 0 bridgehead atoms. The van der Waals surface area contributed by atoms with Gasteiger partial charge in [0.25, 0.3) is 0 Å². The monoisotopic (exact) mass is 386 g/mol. The van der Waals surface area contributed by atoms with Crippen LogP contribution in [-0.4, -0.2) is 29.4 Å². The van der Waals surface area contributed by atoms with E-state index in [1.54, 1.807) is 6.92 Å².